The van der Waals surface area contributed by atoms with E-state index in [2.05, 4.69) is 22.0 Å². The number of nitrogens with zero attached hydrogens (tertiary/aromatic N) is 1. The number of hydrogen-bond donors (Lipinski definition) is 3. The summed E-state index contributed by atoms with van der Waals surface area (Å²) in [5.41, 5.74) is 5.20. The normalized spacial score (nSPS) is 17.1. The third-order valence-electron chi connectivity index (χ3n) is 7.26. The molecule has 0 radical (unpaired) electrons. The Morgan fingerprint density at radius 3 is 2.71 bits per heavy atom. The molecule has 0 aliphatic carbocycles. The second-order valence-electron chi connectivity index (χ2n) is 9.96. The molecule has 206 valence electrons. The van der Waals surface area contributed by atoms with E-state index in [1.165, 1.54) is 0 Å². The Morgan fingerprint density at radius 2 is 1.83 bits per heavy atom. The average molecular weight is 551 g/mol. The summed E-state index contributed by atoms with van der Waals surface area (Å²) < 4.78 is 16.6. The van der Waals surface area contributed by atoms with Crippen LogP contribution in [0.5, 0.6) is 11.5 Å². The van der Waals surface area contributed by atoms with Gasteiger partial charge in [0.05, 0.1) is 23.2 Å². The molecule has 10 heteroatoms. The molecule has 1 atom stereocenters. The lowest BCUT2D eigenvalue weighted by atomic mass is 9.90. The Balaban J connectivity index is 1.32. The van der Waals surface area contributed by atoms with Gasteiger partial charge in [-0.15, -0.1) is 0 Å². The highest BCUT2D eigenvalue weighted by Crippen LogP contribution is 2.35. The van der Waals surface area contributed by atoms with Crippen molar-refractivity contribution in [2.75, 3.05) is 12.1 Å². The van der Waals surface area contributed by atoms with Gasteiger partial charge in [-0.25, -0.2) is 9.59 Å². The van der Waals surface area contributed by atoms with Gasteiger partial charge in [-0.3, -0.25) is 4.79 Å². The van der Waals surface area contributed by atoms with Gasteiger partial charge in [-0.2, -0.15) is 5.26 Å². The van der Waals surface area contributed by atoms with Crippen LogP contribution in [0.15, 0.2) is 71.9 Å². The van der Waals surface area contributed by atoms with E-state index in [9.17, 15) is 19.6 Å². The molecule has 0 saturated carbocycles. The van der Waals surface area contributed by atoms with Crippen LogP contribution in [0.4, 0.5) is 10.5 Å². The Hall–Kier alpha value is -5.30. The highest BCUT2D eigenvalue weighted by atomic mass is 16.7. The molecule has 6 rings (SSSR count). The number of benzene rings is 3. The standard InChI is InChI=1S/C31H26N4O6/c32-15-19-2-1-3-20(12-19)16-39-30(37)28-24(8-4-18-5-10-25-26(13-18)41-17-40-25)34-31(38)35-29(28)22-6-9-23-21(14-22)7-11-27(36)33-23/h1-3,5-6,9-10,12-14,29H,4,7-8,11,16-17H2,(H,33,36)(H2,34,35,38). The first-order valence-electron chi connectivity index (χ1n) is 13.2. The predicted molar refractivity (Wildman–Crippen MR) is 147 cm³/mol. The molecule has 1 unspecified atom stereocenters. The number of rotatable bonds is 7. The van der Waals surface area contributed by atoms with Gasteiger partial charge in [0.25, 0.3) is 0 Å². The van der Waals surface area contributed by atoms with Gasteiger partial charge in [0, 0.05) is 17.8 Å². The minimum Gasteiger partial charge on any atom is -0.457 e. The van der Waals surface area contributed by atoms with Crippen molar-refractivity contribution in [3.63, 3.8) is 0 Å². The number of anilines is 1. The summed E-state index contributed by atoms with van der Waals surface area (Å²) in [5.74, 6) is 0.702. The van der Waals surface area contributed by atoms with Crippen LogP contribution in [-0.2, 0) is 33.8 Å². The van der Waals surface area contributed by atoms with Crippen molar-refractivity contribution in [3.8, 4) is 17.6 Å². The molecule has 10 nitrogen and oxygen atoms in total. The highest BCUT2D eigenvalue weighted by molar-refractivity contribution is 5.96. The maximum Gasteiger partial charge on any atom is 0.338 e. The van der Waals surface area contributed by atoms with Crippen LogP contribution < -0.4 is 25.4 Å². The van der Waals surface area contributed by atoms with Crippen LogP contribution in [0.2, 0.25) is 0 Å². The molecule has 0 saturated heterocycles. The molecule has 3 aromatic carbocycles. The van der Waals surface area contributed by atoms with Crippen molar-refractivity contribution >= 4 is 23.6 Å². The highest BCUT2D eigenvalue weighted by Gasteiger charge is 2.34. The van der Waals surface area contributed by atoms with Crippen LogP contribution in [0.3, 0.4) is 0 Å². The number of ether oxygens (including phenoxy) is 3. The molecule has 0 bridgehead atoms. The van der Waals surface area contributed by atoms with E-state index in [0.29, 0.717) is 65.1 Å². The largest absolute Gasteiger partial charge is 0.457 e. The Labute approximate surface area is 235 Å². The van der Waals surface area contributed by atoms with Gasteiger partial charge < -0.3 is 30.2 Å². The lowest BCUT2D eigenvalue weighted by Crippen LogP contribution is -2.46. The Bertz CT molecular complexity index is 1640. The summed E-state index contributed by atoms with van der Waals surface area (Å²) in [6.07, 6.45) is 1.81. The van der Waals surface area contributed by atoms with Crippen LogP contribution in [-0.4, -0.2) is 24.7 Å². The first kappa shape index (κ1) is 26.0. The maximum atomic E-state index is 13.7. The second-order valence-corrected chi connectivity index (χ2v) is 9.96. The number of allylic oxidation sites excluding steroid dienone is 1. The molecular formula is C31H26N4O6. The summed E-state index contributed by atoms with van der Waals surface area (Å²) in [5, 5.41) is 17.8. The molecule has 3 aliphatic rings. The smallest absolute Gasteiger partial charge is 0.338 e. The summed E-state index contributed by atoms with van der Waals surface area (Å²) in [4.78, 5) is 38.4. The Kier molecular flexibility index (Phi) is 7.00. The van der Waals surface area contributed by atoms with E-state index in [-0.39, 0.29) is 19.3 Å². The first-order chi connectivity index (χ1) is 20.0. The van der Waals surface area contributed by atoms with E-state index >= 15 is 0 Å². The maximum absolute atomic E-state index is 13.7. The molecule has 3 heterocycles. The van der Waals surface area contributed by atoms with Crippen molar-refractivity contribution in [3.05, 3.63) is 99.8 Å². The zero-order chi connectivity index (χ0) is 28.3. The summed E-state index contributed by atoms with van der Waals surface area (Å²) in [6, 6.07) is 18.9. The lowest BCUT2D eigenvalue weighted by molar-refractivity contribution is -0.140. The molecule has 0 aromatic heterocycles. The minimum atomic E-state index is -0.767. The fourth-order valence-corrected chi connectivity index (χ4v) is 5.21. The molecule has 3 aromatic rings. The molecular weight excluding hydrogens is 524 g/mol. The predicted octanol–water partition coefficient (Wildman–Crippen LogP) is 4.16. The first-order valence-corrected chi connectivity index (χ1v) is 13.2. The third kappa shape index (κ3) is 5.56. The second kappa shape index (κ2) is 11.1. The van der Waals surface area contributed by atoms with Gasteiger partial charge in [0.1, 0.15) is 6.61 Å². The molecule has 0 fully saturated rings. The zero-order valence-corrected chi connectivity index (χ0v) is 22.0. The fraction of sp³-hybridized carbons (Fsp3) is 0.226. The van der Waals surface area contributed by atoms with E-state index in [1.54, 1.807) is 36.4 Å². The fourth-order valence-electron chi connectivity index (χ4n) is 5.21. The van der Waals surface area contributed by atoms with E-state index in [0.717, 1.165) is 16.8 Å². The summed E-state index contributed by atoms with van der Waals surface area (Å²) >= 11 is 0. The lowest BCUT2D eigenvalue weighted by Gasteiger charge is -2.30. The number of amides is 3. The van der Waals surface area contributed by atoms with Crippen molar-refractivity contribution in [2.24, 2.45) is 0 Å². The third-order valence-corrected chi connectivity index (χ3v) is 7.26. The number of nitriles is 1. The molecule has 41 heavy (non-hydrogen) atoms. The van der Waals surface area contributed by atoms with Crippen molar-refractivity contribution in [1.29, 1.82) is 5.26 Å². The van der Waals surface area contributed by atoms with Gasteiger partial charge in [0.2, 0.25) is 12.7 Å². The van der Waals surface area contributed by atoms with E-state index in [1.807, 2.05) is 24.3 Å². The van der Waals surface area contributed by atoms with Gasteiger partial charge in [-0.05, 0) is 71.8 Å². The SMILES string of the molecule is N#Cc1cccc(COC(=O)C2=C(CCc3ccc4c(c3)OCO4)NC(=O)NC2c2ccc3c(c2)CCC(=O)N3)c1. The number of carbonyl (C=O) groups is 3. The minimum absolute atomic E-state index is 0.0375. The molecule has 3 amide bonds. The molecule has 3 N–H and O–H groups in total. The average Bonchev–Trinajstić information content (AvgIpc) is 3.46. The number of carbonyl (C=O) groups excluding carboxylic acids is 3. The number of nitrogens with one attached hydrogen (secondary N) is 3. The monoisotopic (exact) mass is 550 g/mol. The number of aryl methyl sites for hydroxylation is 2. The topological polar surface area (TPSA) is 139 Å². The molecule has 3 aliphatic heterocycles. The number of fused-ring (bicyclic) bond motifs is 2. The van der Waals surface area contributed by atoms with Gasteiger partial charge in [0.15, 0.2) is 11.5 Å². The van der Waals surface area contributed by atoms with Crippen LogP contribution in [0.25, 0.3) is 0 Å². The van der Waals surface area contributed by atoms with E-state index < -0.39 is 18.0 Å². The Morgan fingerprint density at radius 1 is 0.951 bits per heavy atom. The quantitative estimate of drug-likeness (QED) is 0.376. The van der Waals surface area contributed by atoms with Gasteiger partial charge in [-0.1, -0.05) is 30.3 Å². The van der Waals surface area contributed by atoms with Crippen molar-refractivity contribution < 1.29 is 28.6 Å². The number of hydrogen-bond acceptors (Lipinski definition) is 7. The number of urea groups is 1. The van der Waals surface area contributed by atoms with Gasteiger partial charge >= 0.3 is 12.0 Å². The number of esters is 1. The molecule has 0 spiro atoms. The van der Waals surface area contributed by atoms with Crippen LogP contribution in [0.1, 0.15) is 46.7 Å². The van der Waals surface area contributed by atoms with Crippen LogP contribution in [0, 0.1) is 11.3 Å². The zero-order valence-electron chi connectivity index (χ0n) is 22.0. The summed E-state index contributed by atoms with van der Waals surface area (Å²) in [7, 11) is 0. The van der Waals surface area contributed by atoms with E-state index in [4.69, 9.17) is 14.2 Å². The van der Waals surface area contributed by atoms with Crippen molar-refractivity contribution in [1.82, 2.24) is 10.6 Å². The van der Waals surface area contributed by atoms with Crippen molar-refractivity contribution in [2.45, 2.75) is 38.3 Å². The van der Waals surface area contributed by atoms with Crippen LogP contribution >= 0.6 is 0 Å². The summed E-state index contributed by atoms with van der Waals surface area (Å²) in [6.45, 7) is 0.134.